The number of hydrogen-bond donors (Lipinski definition) is 1. The summed E-state index contributed by atoms with van der Waals surface area (Å²) in [5.74, 6) is 0. The van der Waals surface area contributed by atoms with Gasteiger partial charge in [0.05, 0.1) is 0 Å². The first-order valence-electron chi connectivity index (χ1n) is 4.04. The van der Waals surface area contributed by atoms with Gasteiger partial charge in [-0.25, -0.2) is 0 Å². The van der Waals surface area contributed by atoms with E-state index in [-0.39, 0.29) is 5.60 Å². The second-order valence-corrected chi connectivity index (χ2v) is 3.09. The molecular formula is C9H13NO. The van der Waals surface area contributed by atoms with Gasteiger partial charge in [-0.1, -0.05) is 12.2 Å². The number of hydrogen-bond acceptors (Lipinski definition) is 2. The van der Waals surface area contributed by atoms with Crippen LogP contribution >= 0.6 is 0 Å². The highest BCUT2D eigenvalue weighted by Crippen LogP contribution is 2.44. The molecule has 1 heterocycles. The highest BCUT2D eigenvalue weighted by molar-refractivity contribution is 5.30. The Bertz CT molecular complexity index is 214. The molecule has 1 aliphatic carbocycles. The van der Waals surface area contributed by atoms with Crippen molar-refractivity contribution in [3.63, 3.8) is 0 Å². The van der Waals surface area contributed by atoms with Gasteiger partial charge in [0.25, 0.3) is 0 Å². The molecule has 0 amide bonds. The minimum absolute atomic E-state index is 0.0603. The average molecular weight is 151 g/mol. The normalized spacial score (nSPS) is 25.7. The van der Waals surface area contributed by atoms with Crippen LogP contribution in [0.3, 0.4) is 0 Å². The van der Waals surface area contributed by atoms with Crippen molar-refractivity contribution in [3.05, 3.63) is 23.9 Å². The molecule has 11 heavy (non-hydrogen) atoms. The molecule has 0 bridgehead atoms. The summed E-state index contributed by atoms with van der Waals surface area (Å²) in [4.78, 5) is 0. The van der Waals surface area contributed by atoms with E-state index in [0.717, 1.165) is 19.4 Å². The number of methoxy groups -OCH3 is 1. The van der Waals surface area contributed by atoms with Crippen molar-refractivity contribution in [2.45, 2.75) is 18.4 Å². The van der Waals surface area contributed by atoms with Crippen molar-refractivity contribution < 1.29 is 4.74 Å². The summed E-state index contributed by atoms with van der Waals surface area (Å²) in [6, 6.07) is 0. The van der Waals surface area contributed by atoms with E-state index in [1.165, 1.54) is 5.70 Å². The summed E-state index contributed by atoms with van der Waals surface area (Å²) in [6.07, 6.45) is 8.63. The molecule has 1 fully saturated rings. The number of ether oxygens (including phenoxy) is 1. The summed E-state index contributed by atoms with van der Waals surface area (Å²) in [5, 5.41) is 3.32. The molecule has 1 N–H and O–H groups in total. The van der Waals surface area contributed by atoms with Crippen LogP contribution in [0, 0.1) is 0 Å². The van der Waals surface area contributed by atoms with Crippen LogP contribution in [0.4, 0.5) is 0 Å². The van der Waals surface area contributed by atoms with Gasteiger partial charge in [0.15, 0.2) is 0 Å². The van der Waals surface area contributed by atoms with Crippen LogP contribution in [-0.2, 0) is 4.74 Å². The van der Waals surface area contributed by atoms with Gasteiger partial charge in [-0.3, -0.25) is 0 Å². The van der Waals surface area contributed by atoms with E-state index < -0.39 is 0 Å². The first-order chi connectivity index (χ1) is 5.37. The Morgan fingerprint density at radius 1 is 1.55 bits per heavy atom. The molecular weight excluding hydrogens is 138 g/mol. The average Bonchev–Trinajstić information content (AvgIpc) is 2.86. The zero-order valence-corrected chi connectivity index (χ0v) is 6.76. The number of dihydropyridines is 1. The third-order valence-corrected chi connectivity index (χ3v) is 2.40. The van der Waals surface area contributed by atoms with E-state index in [9.17, 15) is 0 Å². The van der Waals surface area contributed by atoms with Crippen molar-refractivity contribution >= 4 is 0 Å². The smallest absolute Gasteiger partial charge is 0.107 e. The Labute approximate surface area is 66.9 Å². The minimum atomic E-state index is 0.0603. The molecule has 0 radical (unpaired) electrons. The monoisotopic (exact) mass is 151 g/mol. The van der Waals surface area contributed by atoms with Crippen LogP contribution < -0.4 is 5.32 Å². The fourth-order valence-corrected chi connectivity index (χ4v) is 1.47. The lowest BCUT2D eigenvalue weighted by Crippen LogP contribution is -2.28. The Morgan fingerprint density at radius 2 is 2.36 bits per heavy atom. The second kappa shape index (κ2) is 2.38. The maximum Gasteiger partial charge on any atom is 0.107 e. The van der Waals surface area contributed by atoms with E-state index in [0.29, 0.717) is 0 Å². The molecule has 2 nitrogen and oxygen atoms in total. The molecule has 2 aliphatic rings. The van der Waals surface area contributed by atoms with Gasteiger partial charge < -0.3 is 10.1 Å². The van der Waals surface area contributed by atoms with Crippen LogP contribution in [-0.4, -0.2) is 19.3 Å². The summed E-state index contributed by atoms with van der Waals surface area (Å²) >= 11 is 0. The summed E-state index contributed by atoms with van der Waals surface area (Å²) in [5.41, 5.74) is 1.31. The van der Waals surface area contributed by atoms with Gasteiger partial charge in [0.2, 0.25) is 0 Å². The number of allylic oxidation sites excluding steroid dienone is 2. The minimum Gasteiger partial charge on any atom is -0.382 e. The summed E-state index contributed by atoms with van der Waals surface area (Å²) in [6.45, 7) is 0.941. The molecule has 2 rings (SSSR count). The zero-order valence-electron chi connectivity index (χ0n) is 6.76. The topological polar surface area (TPSA) is 21.3 Å². The van der Waals surface area contributed by atoms with Gasteiger partial charge in [0, 0.05) is 19.4 Å². The van der Waals surface area contributed by atoms with Gasteiger partial charge in [-0.05, 0) is 18.9 Å². The van der Waals surface area contributed by atoms with Crippen LogP contribution in [0.15, 0.2) is 23.9 Å². The molecule has 0 aromatic carbocycles. The number of nitrogens with one attached hydrogen (secondary N) is 1. The number of rotatable bonds is 2. The Kier molecular flexibility index (Phi) is 1.50. The lowest BCUT2D eigenvalue weighted by atomic mass is 10.2. The van der Waals surface area contributed by atoms with E-state index >= 15 is 0 Å². The van der Waals surface area contributed by atoms with Crippen molar-refractivity contribution in [1.82, 2.24) is 5.32 Å². The lowest BCUT2D eigenvalue weighted by Gasteiger charge is -2.20. The molecule has 0 aromatic rings. The van der Waals surface area contributed by atoms with E-state index in [1.54, 1.807) is 7.11 Å². The van der Waals surface area contributed by atoms with Gasteiger partial charge in [-0.2, -0.15) is 0 Å². The Morgan fingerprint density at radius 3 is 2.82 bits per heavy atom. The standard InChI is InChI=1S/C9H13NO/c1-11-9(5-6-9)8-4-2-3-7-10-8/h2-4,10H,5-7H2,1H3. The Balaban J connectivity index is 2.14. The van der Waals surface area contributed by atoms with E-state index in [4.69, 9.17) is 4.74 Å². The fourth-order valence-electron chi connectivity index (χ4n) is 1.47. The molecule has 0 aromatic heterocycles. The summed E-state index contributed by atoms with van der Waals surface area (Å²) in [7, 11) is 1.79. The van der Waals surface area contributed by atoms with Crippen LogP contribution in [0.2, 0.25) is 0 Å². The van der Waals surface area contributed by atoms with Crippen molar-refractivity contribution in [2.75, 3.05) is 13.7 Å². The zero-order chi connectivity index (χ0) is 7.73. The highest BCUT2D eigenvalue weighted by Gasteiger charge is 2.46. The Hall–Kier alpha value is -0.760. The third kappa shape index (κ3) is 1.07. The predicted molar refractivity (Wildman–Crippen MR) is 44.2 cm³/mol. The SMILES string of the molecule is COC1(C2=CC=CCN2)CC1. The predicted octanol–water partition coefficient (Wildman–Crippen LogP) is 1.21. The third-order valence-electron chi connectivity index (χ3n) is 2.40. The molecule has 0 saturated heterocycles. The largest absolute Gasteiger partial charge is 0.382 e. The van der Waals surface area contributed by atoms with Crippen LogP contribution in [0.5, 0.6) is 0 Å². The molecule has 0 atom stereocenters. The molecule has 0 spiro atoms. The van der Waals surface area contributed by atoms with Crippen molar-refractivity contribution in [1.29, 1.82) is 0 Å². The van der Waals surface area contributed by atoms with Crippen LogP contribution in [0.1, 0.15) is 12.8 Å². The van der Waals surface area contributed by atoms with E-state index in [1.807, 2.05) is 0 Å². The van der Waals surface area contributed by atoms with Crippen molar-refractivity contribution in [3.8, 4) is 0 Å². The molecule has 1 saturated carbocycles. The van der Waals surface area contributed by atoms with E-state index in [2.05, 4.69) is 23.5 Å². The first kappa shape index (κ1) is 6.92. The van der Waals surface area contributed by atoms with Gasteiger partial charge in [0.1, 0.15) is 5.60 Å². The van der Waals surface area contributed by atoms with Crippen LogP contribution in [0.25, 0.3) is 0 Å². The molecule has 1 aliphatic heterocycles. The quantitative estimate of drug-likeness (QED) is 0.640. The highest BCUT2D eigenvalue weighted by atomic mass is 16.5. The maximum atomic E-state index is 5.42. The van der Waals surface area contributed by atoms with Gasteiger partial charge in [-0.15, -0.1) is 0 Å². The maximum absolute atomic E-state index is 5.42. The van der Waals surface area contributed by atoms with Crippen molar-refractivity contribution in [2.24, 2.45) is 0 Å². The van der Waals surface area contributed by atoms with Gasteiger partial charge >= 0.3 is 0 Å². The fraction of sp³-hybridized carbons (Fsp3) is 0.556. The first-order valence-corrected chi connectivity index (χ1v) is 4.04. The molecule has 60 valence electrons. The lowest BCUT2D eigenvalue weighted by molar-refractivity contribution is 0.105. The summed E-state index contributed by atoms with van der Waals surface area (Å²) < 4.78 is 5.42. The molecule has 0 unspecified atom stereocenters. The second-order valence-electron chi connectivity index (χ2n) is 3.09. The molecule has 2 heteroatoms.